The number of aromatic nitrogens is 3. The number of nitrogens with two attached hydrogens (primary N) is 1. The predicted octanol–water partition coefficient (Wildman–Crippen LogP) is 1.27. The van der Waals surface area contributed by atoms with Gasteiger partial charge in [0.25, 0.3) is 0 Å². The number of halogens is 1. The predicted molar refractivity (Wildman–Crippen MR) is 55.4 cm³/mol. The molecule has 1 atom stereocenters. The fourth-order valence-corrected chi connectivity index (χ4v) is 1.64. The maximum absolute atomic E-state index is 6.03. The van der Waals surface area contributed by atoms with Crippen molar-refractivity contribution in [2.75, 3.05) is 0 Å². The highest BCUT2D eigenvalue weighted by atomic mass is 35.5. The molecule has 0 amide bonds. The van der Waals surface area contributed by atoms with Gasteiger partial charge in [-0.15, -0.1) is 10.2 Å². The van der Waals surface area contributed by atoms with E-state index in [4.69, 9.17) is 17.3 Å². The molecule has 2 heterocycles. The molecule has 2 rings (SSSR count). The second kappa shape index (κ2) is 3.55. The van der Waals surface area contributed by atoms with Crippen molar-refractivity contribution >= 4 is 17.2 Å². The number of rotatable bonds is 2. The first-order valence-corrected chi connectivity index (χ1v) is 4.80. The van der Waals surface area contributed by atoms with E-state index in [9.17, 15) is 0 Å². The standard InChI is InChI=1S/C9H11ClN4/c1-6(11)5-9-13-12-8-4-2-3-7(10)14(8)9/h2-4,6H,5,11H2,1H3. The first-order valence-electron chi connectivity index (χ1n) is 4.42. The molecule has 0 saturated carbocycles. The fourth-order valence-electron chi connectivity index (χ4n) is 1.38. The van der Waals surface area contributed by atoms with E-state index in [2.05, 4.69) is 10.2 Å². The Hall–Kier alpha value is -1.13. The molecule has 0 fully saturated rings. The molecule has 5 heteroatoms. The number of hydrogen-bond acceptors (Lipinski definition) is 3. The summed E-state index contributed by atoms with van der Waals surface area (Å²) in [6.45, 7) is 1.93. The monoisotopic (exact) mass is 210 g/mol. The van der Waals surface area contributed by atoms with Gasteiger partial charge in [-0.1, -0.05) is 17.7 Å². The van der Waals surface area contributed by atoms with Gasteiger partial charge in [0.15, 0.2) is 5.65 Å². The van der Waals surface area contributed by atoms with E-state index in [0.717, 1.165) is 11.5 Å². The summed E-state index contributed by atoms with van der Waals surface area (Å²) in [5.41, 5.74) is 6.46. The van der Waals surface area contributed by atoms with Crippen LogP contribution in [0.5, 0.6) is 0 Å². The van der Waals surface area contributed by atoms with E-state index >= 15 is 0 Å². The van der Waals surface area contributed by atoms with E-state index in [1.165, 1.54) is 0 Å². The molecule has 0 aliphatic rings. The zero-order valence-corrected chi connectivity index (χ0v) is 8.57. The molecule has 74 valence electrons. The number of hydrogen-bond donors (Lipinski definition) is 1. The lowest BCUT2D eigenvalue weighted by atomic mass is 10.2. The molecule has 0 aliphatic carbocycles. The summed E-state index contributed by atoms with van der Waals surface area (Å²) < 4.78 is 1.81. The summed E-state index contributed by atoms with van der Waals surface area (Å²) in [6, 6.07) is 5.58. The smallest absolute Gasteiger partial charge is 0.161 e. The topological polar surface area (TPSA) is 56.2 Å². The molecular weight excluding hydrogens is 200 g/mol. The largest absolute Gasteiger partial charge is 0.328 e. The van der Waals surface area contributed by atoms with Crippen LogP contribution in [0.3, 0.4) is 0 Å². The van der Waals surface area contributed by atoms with Gasteiger partial charge in [-0.05, 0) is 19.1 Å². The minimum absolute atomic E-state index is 0.0543. The first-order chi connectivity index (χ1) is 6.68. The first kappa shape index (κ1) is 9.43. The second-order valence-corrected chi connectivity index (χ2v) is 3.73. The van der Waals surface area contributed by atoms with E-state index in [1.807, 2.05) is 29.5 Å². The molecule has 2 aromatic rings. The van der Waals surface area contributed by atoms with Crippen molar-refractivity contribution in [2.24, 2.45) is 5.73 Å². The van der Waals surface area contributed by atoms with Crippen molar-refractivity contribution in [1.82, 2.24) is 14.6 Å². The van der Waals surface area contributed by atoms with E-state index in [-0.39, 0.29) is 6.04 Å². The summed E-state index contributed by atoms with van der Waals surface area (Å²) in [4.78, 5) is 0. The highest BCUT2D eigenvalue weighted by Gasteiger charge is 2.09. The van der Waals surface area contributed by atoms with Crippen molar-refractivity contribution in [3.05, 3.63) is 29.2 Å². The molecule has 0 spiro atoms. The zero-order valence-electron chi connectivity index (χ0n) is 7.81. The Balaban J connectivity index is 2.55. The Kier molecular flexibility index (Phi) is 2.39. The summed E-state index contributed by atoms with van der Waals surface area (Å²) in [6.07, 6.45) is 0.672. The van der Waals surface area contributed by atoms with Gasteiger partial charge in [0.2, 0.25) is 0 Å². The summed E-state index contributed by atoms with van der Waals surface area (Å²) in [7, 11) is 0. The van der Waals surface area contributed by atoms with Crippen LogP contribution in [-0.4, -0.2) is 20.6 Å². The van der Waals surface area contributed by atoms with Gasteiger partial charge in [0, 0.05) is 12.5 Å². The van der Waals surface area contributed by atoms with Crippen LogP contribution in [0, 0.1) is 0 Å². The quantitative estimate of drug-likeness (QED) is 0.760. The van der Waals surface area contributed by atoms with Crippen LogP contribution < -0.4 is 5.73 Å². The third-order valence-corrected chi connectivity index (χ3v) is 2.25. The van der Waals surface area contributed by atoms with E-state index < -0.39 is 0 Å². The van der Waals surface area contributed by atoms with Crippen LogP contribution in [0.1, 0.15) is 12.7 Å². The maximum Gasteiger partial charge on any atom is 0.161 e. The van der Waals surface area contributed by atoms with Crippen LogP contribution in [0.25, 0.3) is 5.65 Å². The molecule has 0 saturated heterocycles. The van der Waals surface area contributed by atoms with Crippen LogP contribution >= 0.6 is 11.6 Å². The zero-order chi connectivity index (χ0) is 10.1. The minimum atomic E-state index is 0.0543. The normalized spacial score (nSPS) is 13.4. The summed E-state index contributed by atoms with van der Waals surface area (Å²) in [5.74, 6) is 0.806. The van der Waals surface area contributed by atoms with Crippen molar-refractivity contribution in [3.8, 4) is 0 Å². The van der Waals surface area contributed by atoms with Crippen LogP contribution in [0.4, 0.5) is 0 Å². The molecule has 0 radical (unpaired) electrons. The lowest BCUT2D eigenvalue weighted by molar-refractivity contribution is 0.695. The van der Waals surface area contributed by atoms with Crippen LogP contribution in [0.15, 0.2) is 18.2 Å². The molecule has 1 unspecified atom stereocenters. The molecule has 4 nitrogen and oxygen atoms in total. The summed E-state index contributed by atoms with van der Waals surface area (Å²) in [5, 5.41) is 8.66. The Morgan fingerprint density at radius 2 is 2.29 bits per heavy atom. The van der Waals surface area contributed by atoms with Gasteiger partial charge < -0.3 is 5.73 Å². The second-order valence-electron chi connectivity index (χ2n) is 3.34. The highest BCUT2D eigenvalue weighted by Crippen LogP contribution is 2.13. The number of nitrogens with zero attached hydrogens (tertiary/aromatic N) is 3. The average Bonchev–Trinajstić information content (AvgIpc) is 2.49. The van der Waals surface area contributed by atoms with Crippen molar-refractivity contribution < 1.29 is 0 Å². The van der Waals surface area contributed by atoms with Gasteiger partial charge in [0.05, 0.1) is 0 Å². The third-order valence-electron chi connectivity index (χ3n) is 1.95. The highest BCUT2D eigenvalue weighted by molar-refractivity contribution is 6.29. The molecule has 0 aromatic carbocycles. The van der Waals surface area contributed by atoms with Gasteiger partial charge in [-0.25, -0.2) is 0 Å². The van der Waals surface area contributed by atoms with Crippen LogP contribution in [-0.2, 0) is 6.42 Å². The van der Waals surface area contributed by atoms with Crippen molar-refractivity contribution in [1.29, 1.82) is 0 Å². The molecular formula is C9H11ClN4. The molecule has 2 N–H and O–H groups in total. The molecule has 0 bridgehead atoms. The number of fused-ring (bicyclic) bond motifs is 1. The summed E-state index contributed by atoms with van der Waals surface area (Å²) >= 11 is 6.03. The van der Waals surface area contributed by atoms with Crippen LogP contribution in [0.2, 0.25) is 5.15 Å². The third kappa shape index (κ3) is 1.58. The van der Waals surface area contributed by atoms with Crippen molar-refractivity contribution in [3.63, 3.8) is 0 Å². The minimum Gasteiger partial charge on any atom is -0.328 e. The van der Waals surface area contributed by atoms with E-state index in [1.54, 1.807) is 0 Å². The Morgan fingerprint density at radius 1 is 1.50 bits per heavy atom. The van der Waals surface area contributed by atoms with E-state index in [0.29, 0.717) is 11.6 Å². The lowest BCUT2D eigenvalue weighted by Gasteiger charge is -2.03. The SMILES string of the molecule is CC(N)Cc1nnc2cccc(Cl)n12. The maximum atomic E-state index is 6.03. The van der Waals surface area contributed by atoms with Crippen molar-refractivity contribution in [2.45, 2.75) is 19.4 Å². The van der Waals surface area contributed by atoms with Gasteiger partial charge in [-0.2, -0.15) is 0 Å². The molecule has 2 aromatic heterocycles. The van der Waals surface area contributed by atoms with Gasteiger partial charge >= 0.3 is 0 Å². The Morgan fingerprint density at radius 3 is 3.00 bits per heavy atom. The number of pyridine rings is 1. The Bertz CT molecular complexity index is 449. The van der Waals surface area contributed by atoms with Gasteiger partial charge in [0.1, 0.15) is 11.0 Å². The molecule has 14 heavy (non-hydrogen) atoms. The average molecular weight is 211 g/mol. The molecule has 0 aliphatic heterocycles. The van der Waals surface area contributed by atoms with Gasteiger partial charge in [-0.3, -0.25) is 4.40 Å². The Labute approximate surface area is 86.7 Å². The lowest BCUT2D eigenvalue weighted by Crippen LogP contribution is -2.19. The fraction of sp³-hybridized carbons (Fsp3) is 0.333.